The molecule has 7 rings (SSSR count). The van der Waals surface area contributed by atoms with Gasteiger partial charge in [-0.2, -0.15) is 0 Å². The van der Waals surface area contributed by atoms with Crippen molar-refractivity contribution in [3.63, 3.8) is 0 Å². The number of para-hydroxylation sites is 1. The summed E-state index contributed by atoms with van der Waals surface area (Å²) in [6.07, 6.45) is 1.63. The first-order valence-corrected chi connectivity index (χ1v) is 10.8. The molecule has 144 valence electrons. The van der Waals surface area contributed by atoms with E-state index in [9.17, 15) is 0 Å². The fourth-order valence-electron chi connectivity index (χ4n) is 6.93. The zero-order valence-corrected chi connectivity index (χ0v) is 16.5. The molecule has 3 saturated heterocycles. The summed E-state index contributed by atoms with van der Waals surface area (Å²) in [7, 11) is 0. The van der Waals surface area contributed by atoms with Crippen LogP contribution in [0.2, 0.25) is 0 Å². The van der Waals surface area contributed by atoms with Crippen LogP contribution in [0.1, 0.15) is 23.1 Å². The second-order valence-corrected chi connectivity index (χ2v) is 9.16. The number of benzene rings is 3. The van der Waals surface area contributed by atoms with Gasteiger partial charge in [0.1, 0.15) is 0 Å². The predicted octanol–water partition coefficient (Wildman–Crippen LogP) is 4.18. The van der Waals surface area contributed by atoms with Crippen LogP contribution in [0.4, 0.5) is 5.69 Å². The molecule has 0 radical (unpaired) electrons. The fraction of sp³-hybridized carbons (Fsp3) is 0.308. The van der Waals surface area contributed by atoms with E-state index < -0.39 is 0 Å². The van der Waals surface area contributed by atoms with E-state index in [1.165, 1.54) is 28.8 Å². The largest absolute Gasteiger partial charge is 0.368 e. The third-order valence-electron chi connectivity index (χ3n) is 7.96. The van der Waals surface area contributed by atoms with Crippen LogP contribution < -0.4 is 5.32 Å². The highest BCUT2D eigenvalue weighted by Gasteiger charge is 2.80. The molecule has 29 heavy (non-hydrogen) atoms. The van der Waals surface area contributed by atoms with Gasteiger partial charge >= 0.3 is 0 Å². The minimum Gasteiger partial charge on any atom is -0.368 e. The zero-order chi connectivity index (χ0) is 19.1. The molecule has 0 amide bonds. The van der Waals surface area contributed by atoms with Gasteiger partial charge < -0.3 is 5.32 Å². The van der Waals surface area contributed by atoms with Crippen LogP contribution in [0.15, 0.2) is 84.9 Å². The third-order valence-corrected chi connectivity index (χ3v) is 7.96. The molecule has 4 aliphatic heterocycles. The van der Waals surface area contributed by atoms with Gasteiger partial charge in [0.25, 0.3) is 0 Å². The van der Waals surface area contributed by atoms with E-state index in [1.54, 1.807) is 0 Å². The lowest BCUT2D eigenvalue weighted by atomic mass is 9.70. The molecule has 0 bridgehead atoms. The third kappa shape index (κ3) is 1.90. The number of hydrogen-bond donors (Lipinski definition) is 1. The van der Waals surface area contributed by atoms with Crippen LogP contribution in [0.25, 0.3) is 0 Å². The number of fused-ring (bicyclic) bond motifs is 4. The van der Waals surface area contributed by atoms with E-state index in [0.717, 1.165) is 19.6 Å². The van der Waals surface area contributed by atoms with E-state index in [2.05, 4.69) is 100 Å². The van der Waals surface area contributed by atoms with Crippen LogP contribution in [0, 0.1) is 0 Å². The Morgan fingerprint density at radius 2 is 1.59 bits per heavy atom. The smallest absolute Gasteiger partial charge is 0.0918 e. The van der Waals surface area contributed by atoms with Crippen LogP contribution in [-0.4, -0.2) is 35.1 Å². The van der Waals surface area contributed by atoms with Gasteiger partial charge in [0.15, 0.2) is 0 Å². The molecule has 3 heteroatoms. The van der Waals surface area contributed by atoms with Crippen molar-refractivity contribution in [3.05, 3.63) is 102 Å². The van der Waals surface area contributed by atoms with Gasteiger partial charge in [-0.25, -0.2) is 0 Å². The first-order valence-electron chi connectivity index (χ1n) is 10.8. The summed E-state index contributed by atoms with van der Waals surface area (Å²) in [5.74, 6) is 0. The van der Waals surface area contributed by atoms with Crippen molar-refractivity contribution in [2.75, 3.05) is 18.4 Å². The van der Waals surface area contributed by atoms with Gasteiger partial charge in [-0.1, -0.05) is 78.9 Å². The lowest BCUT2D eigenvalue weighted by Gasteiger charge is -2.37. The molecular weight excluding hydrogens is 354 g/mol. The second kappa shape index (κ2) is 5.50. The minimum atomic E-state index is 0.137. The van der Waals surface area contributed by atoms with Crippen molar-refractivity contribution in [1.82, 2.24) is 9.80 Å². The molecule has 3 fully saturated rings. The van der Waals surface area contributed by atoms with Gasteiger partial charge in [-0.15, -0.1) is 0 Å². The quantitative estimate of drug-likeness (QED) is 0.689. The zero-order valence-electron chi connectivity index (χ0n) is 16.5. The SMILES string of the molecule is c1ccc(CN2CC[C@@]34c5ccccc5NC3N3C[C@]3(c3ccccc3)C24)cc1. The maximum absolute atomic E-state index is 3.93. The first kappa shape index (κ1) is 16.2. The molecule has 3 aromatic rings. The average molecular weight is 380 g/mol. The molecule has 0 saturated carbocycles. The van der Waals surface area contributed by atoms with Crippen molar-refractivity contribution in [2.24, 2.45) is 0 Å². The van der Waals surface area contributed by atoms with Gasteiger partial charge in [-0.05, 0) is 35.7 Å². The highest BCUT2D eigenvalue weighted by molar-refractivity contribution is 5.67. The molecule has 1 spiro atoms. The summed E-state index contributed by atoms with van der Waals surface area (Å²) in [6.45, 7) is 3.35. The Bertz CT molecular complexity index is 1080. The number of rotatable bonds is 3. The summed E-state index contributed by atoms with van der Waals surface area (Å²) in [5, 5.41) is 3.93. The van der Waals surface area contributed by atoms with E-state index >= 15 is 0 Å². The topological polar surface area (TPSA) is 18.3 Å². The number of likely N-dealkylation sites (tertiary alicyclic amines) is 1. The Morgan fingerprint density at radius 1 is 0.862 bits per heavy atom. The van der Waals surface area contributed by atoms with Gasteiger partial charge in [0.2, 0.25) is 0 Å². The first-order chi connectivity index (χ1) is 14.3. The fourth-order valence-corrected chi connectivity index (χ4v) is 6.93. The molecule has 5 atom stereocenters. The molecule has 4 aliphatic rings. The lowest BCUT2D eigenvalue weighted by Crippen LogP contribution is -2.50. The monoisotopic (exact) mass is 379 g/mol. The van der Waals surface area contributed by atoms with E-state index in [1.807, 2.05) is 0 Å². The van der Waals surface area contributed by atoms with Crippen LogP contribution >= 0.6 is 0 Å². The molecule has 3 unspecified atom stereocenters. The minimum absolute atomic E-state index is 0.137. The van der Waals surface area contributed by atoms with Gasteiger partial charge in [0.05, 0.1) is 17.1 Å². The second-order valence-electron chi connectivity index (χ2n) is 9.16. The maximum atomic E-state index is 3.93. The molecule has 4 heterocycles. The van der Waals surface area contributed by atoms with E-state index in [0.29, 0.717) is 12.2 Å². The Morgan fingerprint density at radius 3 is 2.41 bits per heavy atom. The van der Waals surface area contributed by atoms with Crippen molar-refractivity contribution < 1.29 is 0 Å². The Labute approximate surface area is 172 Å². The van der Waals surface area contributed by atoms with Crippen LogP contribution in [0.5, 0.6) is 0 Å². The molecule has 0 aromatic heterocycles. The maximum Gasteiger partial charge on any atom is 0.0918 e. The average Bonchev–Trinajstić information content (AvgIpc) is 3.14. The van der Waals surface area contributed by atoms with Gasteiger partial charge in [0, 0.05) is 24.8 Å². The van der Waals surface area contributed by atoms with Crippen molar-refractivity contribution in [2.45, 2.75) is 36.1 Å². The number of anilines is 1. The summed E-state index contributed by atoms with van der Waals surface area (Å²) < 4.78 is 0. The summed E-state index contributed by atoms with van der Waals surface area (Å²) in [4.78, 5) is 5.52. The molecule has 3 nitrogen and oxygen atoms in total. The van der Waals surface area contributed by atoms with Crippen LogP contribution in [0.3, 0.4) is 0 Å². The molecule has 0 aliphatic carbocycles. The normalized spacial score (nSPS) is 36.1. The highest BCUT2D eigenvalue weighted by Crippen LogP contribution is 2.69. The molecule has 1 N–H and O–H groups in total. The van der Waals surface area contributed by atoms with Gasteiger partial charge in [-0.3, -0.25) is 9.80 Å². The van der Waals surface area contributed by atoms with Crippen LogP contribution in [-0.2, 0) is 17.5 Å². The summed E-state index contributed by atoms with van der Waals surface area (Å²) in [6, 6.07) is 31.8. The van der Waals surface area contributed by atoms with Crippen molar-refractivity contribution in [3.8, 4) is 0 Å². The Kier molecular flexibility index (Phi) is 3.07. The Hall–Kier alpha value is -2.62. The predicted molar refractivity (Wildman–Crippen MR) is 116 cm³/mol. The standard InChI is InChI=1S/C26H25N3/c1-3-9-19(10-4-1)17-28-16-15-25-21-13-7-8-14-22(21)27-24(25)29-18-26(29,23(25)28)20-11-5-2-6-12-20/h1-14,23-24,27H,15-18H2/t23?,24?,25-,26-,29?/m0/s1. The lowest BCUT2D eigenvalue weighted by molar-refractivity contribution is 0.180. The summed E-state index contributed by atoms with van der Waals surface area (Å²) >= 11 is 0. The summed E-state index contributed by atoms with van der Waals surface area (Å²) in [5.41, 5.74) is 6.10. The molecular formula is C26H25N3. The number of piperidine rings is 1. The van der Waals surface area contributed by atoms with E-state index in [4.69, 9.17) is 0 Å². The van der Waals surface area contributed by atoms with E-state index in [-0.39, 0.29) is 11.0 Å². The van der Waals surface area contributed by atoms with Crippen molar-refractivity contribution >= 4 is 5.69 Å². The number of hydrogen-bond acceptors (Lipinski definition) is 3. The number of nitrogens with zero attached hydrogens (tertiary/aromatic N) is 2. The van der Waals surface area contributed by atoms with Crippen molar-refractivity contribution in [1.29, 1.82) is 0 Å². The highest BCUT2D eigenvalue weighted by atomic mass is 15.5. The molecule has 3 aromatic carbocycles. The number of nitrogens with one attached hydrogen (secondary N) is 1. The Balaban J connectivity index is 1.39.